The van der Waals surface area contributed by atoms with Crippen LogP contribution in [0.25, 0.3) is 0 Å². The first kappa shape index (κ1) is 14.3. The molecule has 0 saturated carbocycles. The fraction of sp³-hybridized carbons (Fsp3) is 0.857. The zero-order valence-corrected chi connectivity index (χ0v) is 11.3. The molecule has 108 valence electrons. The van der Waals surface area contributed by atoms with Crippen LogP contribution in [0.3, 0.4) is 0 Å². The fourth-order valence-electron chi connectivity index (χ4n) is 3.06. The van der Waals surface area contributed by atoms with Crippen LogP contribution in [0.2, 0.25) is 0 Å². The highest BCUT2D eigenvalue weighted by Gasteiger charge is 2.32. The Kier molecular flexibility index (Phi) is 5.19. The van der Waals surface area contributed by atoms with Crippen LogP contribution < -0.4 is 0 Å². The minimum absolute atomic E-state index is 0.0826. The fourth-order valence-corrected chi connectivity index (χ4v) is 3.06. The van der Waals surface area contributed by atoms with Crippen molar-refractivity contribution in [1.82, 2.24) is 4.90 Å². The summed E-state index contributed by atoms with van der Waals surface area (Å²) in [7, 11) is 0. The number of carboxylic acid groups (broad SMARTS) is 1. The van der Waals surface area contributed by atoms with Gasteiger partial charge in [-0.15, -0.1) is 0 Å². The Balaban J connectivity index is 1.93. The highest BCUT2D eigenvalue weighted by Crippen LogP contribution is 2.26. The summed E-state index contributed by atoms with van der Waals surface area (Å²) in [6, 6.07) is 0.125. The van der Waals surface area contributed by atoms with Crippen LogP contribution in [0, 0.1) is 5.92 Å². The Morgan fingerprint density at radius 3 is 2.58 bits per heavy atom. The molecular weight excluding hydrogens is 246 g/mol. The van der Waals surface area contributed by atoms with Crippen molar-refractivity contribution in [2.45, 2.75) is 51.0 Å². The molecule has 5 heteroatoms. The van der Waals surface area contributed by atoms with E-state index in [1.165, 1.54) is 0 Å². The smallest absolute Gasteiger partial charge is 0.303 e. The van der Waals surface area contributed by atoms with Crippen molar-refractivity contribution in [2.75, 3.05) is 19.8 Å². The topological polar surface area (TPSA) is 66.8 Å². The van der Waals surface area contributed by atoms with E-state index in [-0.39, 0.29) is 24.3 Å². The van der Waals surface area contributed by atoms with Gasteiger partial charge in [0.15, 0.2) is 0 Å². The molecule has 19 heavy (non-hydrogen) atoms. The van der Waals surface area contributed by atoms with Crippen molar-refractivity contribution in [3.63, 3.8) is 0 Å². The predicted molar refractivity (Wildman–Crippen MR) is 69.8 cm³/mol. The maximum Gasteiger partial charge on any atom is 0.303 e. The van der Waals surface area contributed by atoms with Crippen LogP contribution >= 0.6 is 0 Å². The zero-order valence-electron chi connectivity index (χ0n) is 11.3. The summed E-state index contributed by atoms with van der Waals surface area (Å²) in [5, 5.41) is 8.80. The second kappa shape index (κ2) is 6.89. The molecule has 2 aliphatic rings. The van der Waals surface area contributed by atoms with Crippen LogP contribution in [0.15, 0.2) is 0 Å². The van der Waals surface area contributed by atoms with Gasteiger partial charge < -0.3 is 14.7 Å². The first-order valence-corrected chi connectivity index (χ1v) is 7.28. The van der Waals surface area contributed by atoms with Crippen LogP contribution in [0.4, 0.5) is 0 Å². The van der Waals surface area contributed by atoms with Crippen molar-refractivity contribution in [3.8, 4) is 0 Å². The molecule has 0 aliphatic carbocycles. The number of nitrogens with zero attached hydrogens (tertiary/aromatic N) is 1. The molecule has 0 radical (unpaired) electrons. The molecule has 2 heterocycles. The second-order valence-corrected chi connectivity index (χ2v) is 5.50. The highest BCUT2D eigenvalue weighted by atomic mass is 16.5. The Labute approximate surface area is 113 Å². The number of carbonyl (C=O) groups excluding carboxylic acids is 1. The molecule has 2 fully saturated rings. The van der Waals surface area contributed by atoms with Gasteiger partial charge in [-0.05, 0) is 38.5 Å². The van der Waals surface area contributed by atoms with Gasteiger partial charge in [-0.25, -0.2) is 0 Å². The second-order valence-electron chi connectivity index (χ2n) is 5.50. The normalized spacial score (nSPS) is 25.3. The number of hydrogen-bond donors (Lipinski definition) is 1. The third-order valence-corrected chi connectivity index (χ3v) is 4.17. The van der Waals surface area contributed by atoms with E-state index in [4.69, 9.17) is 9.84 Å². The molecule has 2 saturated heterocycles. The monoisotopic (exact) mass is 269 g/mol. The van der Waals surface area contributed by atoms with E-state index < -0.39 is 5.97 Å². The van der Waals surface area contributed by atoms with E-state index in [1.54, 1.807) is 0 Å². The zero-order chi connectivity index (χ0) is 13.7. The molecule has 0 unspecified atom stereocenters. The third kappa shape index (κ3) is 3.93. The molecule has 1 atom stereocenters. The number of likely N-dealkylation sites (tertiary alicyclic amines) is 1. The van der Waals surface area contributed by atoms with Gasteiger partial charge in [-0.3, -0.25) is 9.59 Å². The summed E-state index contributed by atoms with van der Waals surface area (Å²) >= 11 is 0. The molecule has 2 rings (SSSR count). The summed E-state index contributed by atoms with van der Waals surface area (Å²) < 4.78 is 5.29. The van der Waals surface area contributed by atoms with Crippen molar-refractivity contribution < 1.29 is 19.4 Å². The van der Waals surface area contributed by atoms with Crippen LogP contribution in [0.1, 0.15) is 44.9 Å². The average Bonchev–Trinajstić information content (AvgIpc) is 2.45. The molecule has 1 amide bonds. The standard InChI is InChI=1S/C14H23NO4/c16-13(17)5-4-12-3-1-2-8-15(12)14(18)11-6-9-19-10-7-11/h11-12H,1-10H2,(H,16,17)/t12-/m0/s1. The minimum atomic E-state index is -0.774. The molecule has 2 aliphatic heterocycles. The van der Waals surface area contributed by atoms with E-state index in [2.05, 4.69) is 0 Å². The molecule has 0 bridgehead atoms. The molecular formula is C14H23NO4. The average molecular weight is 269 g/mol. The summed E-state index contributed by atoms with van der Waals surface area (Å²) in [5.41, 5.74) is 0. The molecule has 0 spiro atoms. The summed E-state index contributed by atoms with van der Waals surface area (Å²) in [6.07, 6.45) is 5.44. The number of piperidine rings is 1. The van der Waals surface area contributed by atoms with E-state index in [0.29, 0.717) is 19.6 Å². The molecule has 0 aromatic heterocycles. The van der Waals surface area contributed by atoms with Gasteiger partial charge in [0, 0.05) is 38.1 Å². The van der Waals surface area contributed by atoms with Crippen LogP contribution in [-0.4, -0.2) is 47.7 Å². The lowest BCUT2D eigenvalue weighted by Gasteiger charge is -2.38. The minimum Gasteiger partial charge on any atom is -0.481 e. The van der Waals surface area contributed by atoms with Gasteiger partial charge in [0.2, 0.25) is 5.91 Å². The van der Waals surface area contributed by atoms with E-state index in [0.717, 1.165) is 38.6 Å². The maximum absolute atomic E-state index is 12.5. The SMILES string of the molecule is O=C(O)CC[C@@H]1CCCCN1C(=O)C1CCOCC1. The summed E-state index contributed by atoms with van der Waals surface area (Å²) in [6.45, 7) is 2.13. The largest absolute Gasteiger partial charge is 0.481 e. The Morgan fingerprint density at radius 2 is 1.89 bits per heavy atom. The molecule has 0 aromatic rings. The van der Waals surface area contributed by atoms with Crippen molar-refractivity contribution >= 4 is 11.9 Å². The van der Waals surface area contributed by atoms with Crippen molar-refractivity contribution in [1.29, 1.82) is 0 Å². The van der Waals surface area contributed by atoms with Crippen LogP contribution in [0.5, 0.6) is 0 Å². The molecule has 5 nitrogen and oxygen atoms in total. The van der Waals surface area contributed by atoms with Gasteiger partial charge in [0.05, 0.1) is 0 Å². The lowest BCUT2D eigenvalue weighted by molar-refractivity contribution is -0.144. The number of amides is 1. The maximum atomic E-state index is 12.5. The molecule has 0 aromatic carbocycles. The number of aliphatic carboxylic acids is 1. The van der Waals surface area contributed by atoms with Gasteiger partial charge in [-0.1, -0.05) is 0 Å². The third-order valence-electron chi connectivity index (χ3n) is 4.17. The Morgan fingerprint density at radius 1 is 1.16 bits per heavy atom. The summed E-state index contributed by atoms with van der Waals surface area (Å²) in [4.78, 5) is 25.2. The van der Waals surface area contributed by atoms with Gasteiger partial charge in [-0.2, -0.15) is 0 Å². The van der Waals surface area contributed by atoms with E-state index in [1.807, 2.05) is 4.90 Å². The first-order valence-electron chi connectivity index (χ1n) is 7.28. The van der Waals surface area contributed by atoms with Crippen molar-refractivity contribution in [3.05, 3.63) is 0 Å². The van der Waals surface area contributed by atoms with Crippen LogP contribution in [-0.2, 0) is 14.3 Å². The first-order chi connectivity index (χ1) is 9.18. The number of carboxylic acids is 1. The number of rotatable bonds is 4. The molecule has 1 N–H and O–H groups in total. The van der Waals surface area contributed by atoms with Crippen molar-refractivity contribution in [2.24, 2.45) is 5.92 Å². The quantitative estimate of drug-likeness (QED) is 0.843. The Hall–Kier alpha value is -1.10. The highest BCUT2D eigenvalue weighted by molar-refractivity contribution is 5.79. The number of hydrogen-bond acceptors (Lipinski definition) is 3. The van der Waals surface area contributed by atoms with Gasteiger partial charge in [0.1, 0.15) is 0 Å². The lowest BCUT2D eigenvalue weighted by atomic mass is 9.93. The van der Waals surface area contributed by atoms with E-state index in [9.17, 15) is 9.59 Å². The van der Waals surface area contributed by atoms with Gasteiger partial charge >= 0.3 is 5.97 Å². The number of ether oxygens (including phenoxy) is 1. The predicted octanol–water partition coefficient (Wildman–Crippen LogP) is 1.66. The van der Waals surface area contributed by atoms with Gasteiger partial charge in [0.25, 0.3) is 0 Å². The summed E-state index contributed by atoms with van der Waals surface area (Å²) in [5.74, 6) is -0.471. The number of carbonyl (C=O) groups is 2. The Bertz CT molecular complexity index is 325. The lowest BCUT2D eigenvalue weighted by Crippen LogP contribution is -2.47. The van der Waals surface area contributed by atoms with E-state index >= 15 is 0 Å².